The quantitative estimate of drug-likeness (QED) is 0.734. The van der Waals surface area contributed by atoms with E-state index in [1.165, 1.54) is 0 Å². The second-order valence-corrected chi connectivity index (χ2v) is 7.02. The fourth-order valence-corrected chi connectivity index (χ4v) is 3.45. The highest BCUT2D eigenvalue weighted by atomic mass is 16.5. The Hall–Kier alpha value is -2.90. The van der Waals surface area contributed by atoms with E-state index in [0.29, 0.717) is 32.0 Å². The number of rotatable bonds is 5. The molecule has 0 spiro atoms. The number of amides is 2. The molecule has 0 saturated carbocycles. The lowest BCUT2D eigenvalue weighted by Gasteiger charge is -2.28. The maximum atomic E-state index is 12.4. The first-order valence-corrected chi connectivity index (χ1v) is 9.35. The molecule has 7 nitrogen and oxygen atoms in total. The highest BCUT2D eigenvalue weighted by molar-refractivity contribution is 6.07. The first-order chi connectivity index (χ1) is 13.6. The van der Waals surface area contributed by atoms with Crippen molar-refractivity contribution in [3.63, 3.8) is 0 Å². The molecule has 1 aliphatic rings. The Morgan fingerprint density at radius 1 is 1.04 bits per heavy atom. The number of hydrogen-bond acceptors (Lipinski definition) is 5. The Morgan fingerprint density at radius 2 is 1.79 bits per heavy atom. The lowest BCUT2D eigenvalue weighted by atomic mass is 10.1. The molecule has 1 aromatic heterocycles. The monoisotopic (exact) mass is 381 g/mol. The topological polar surface area (TPSA) is 75.0 Å². The average Bonchev–Trinajstić information content (AvgIpc) is 3.06. The van der Waals surface area contributed by atoms with E-state index in [-0.39, 0.29) is 24.9 Å². The first-order valence-electron chi connectivity index (χ1n) is 9.35. The predicted molar refractivity (Wildman–Crippen MR) is 107 cm³/mol. The number of nitrogens with zero attached hydrogens (tertiary/aromatic N) is 2. The summed E-state index contributed by atoms with van der Waals surface area (Å²) in [6, 6.07) is 13.4. The molecule has 28 heavy (non-hydrogen) atoms. The van der Waals surface area contributed by atoms with Crippen LogP contribution >= 0.6 is 0 Å². The molecule has 7 heteroatoms. The Labute approximate surface area is 162 Å². The maximum Gasteiger partial charge on any atom is 0.238 e. The van der Waals surface area contributed by atoms with Crippen LogP contribution in [0, 0.1) is 0 Å². The van der Waals surface area contributed by atoms with Crippen LogP contribution in [0.1, 0.15) is 0 Å². The fourth-order valence-electron chi connectivity index (χ4n) is 3.45. The van der Waals surface area contributed by atoms with Gasteiger partial charge in [-0.2, -0.15) is 0 Å². The number of morpholine rings is 1. The smallest absolute Gasteiger partial charge is 0.238 e. The van der Waals surface area contributed by atoms with Gasteiger partial charge in [-0.3, -0.25) is 14.5 Å². The first kappa shape index (κ1) is 18.5. The van der Waals surface area contributed by atoms with Crippen molar-refractivity contribution in [1.82, 2.24) is 9.80 Å². The number of likely N-dealkylation sites (N-methyl/N-ethyl adjacent to an activating group) is 1. The summed E-state index contributed by atoms with van der Waals surface area (Å²) in [6.07, 6.45) is 0. The number of benzene rings is 2. The molecule has 1 saturated heterocycles. The van der Waals surface area contributed by atoms with E-state index in [4.69, 9.17) is 9.15 Å². The molecule has 0 radical (unpaired) electrons. The van der Waals surface area contributed by atoms with Gasteiger partial charge in [0.2, 0.25) is 11.8 Å². The minimum atomic E-state index is -0.163. The zero-order valence-electron chi connectivity index (χ0n) is 15.8. The van der Waals surface area contributed by atoms with Gasteiger partial charge in [-0.05, 0) is 31.3 Å². The molecule has 0 atom stereocenters. The van der Waals surface area contributed by atoms with Crippen LogP contribution in [0.25, 0.3) is 21.9 Å². The van der Waals surface area contributed by atoms with E-state index in [0.717, 1.165) is 21.9 Å². The van der Waals surface area contributed by atoms with Crippen molar-refractivity contribution < 1.29 is 18.7 Å². The zero-order valence-corrected chi connectivity index (χ0v) is 15.8. The summed E-state index contributed by atoms with van der Waals surface area (Å²) in [4.78, 5) is 28.2. The van der Waals surface area contributed by atoms with Gasteiger partial charge in [-0.15, -0.1) is 0 Å². The SMILES string of the molecule is CN(CC(=O)Nc1ccc2oc3ccccc3c2c1)CC(=O)N1CCOCC1. The second kappa shape index (κ2) is 8.00. The largest absolute Gasteiger partial charge is 0.456 e. The van der Waals surface area contributed by atoms with Crippen molar-refractivity contribution >= 4 is 39.4 Å². The summed E-state index contributed by atoms with van der Waals surface area (Å²) >= 11 is 0. The highest BCUT2D eigenvalue weighted by Gasteiger charge is 2.19. The molecule has 0 unspecified atom stereocenters. The molecular formula is C21H23N3O4. The van der Waals surface area contributed by atoms with Gasteiger partial charge in [0.05, 0.1) is 26.3 Å². The third-order valence-electron chi connectivity index (χ3n) is 4.84. The van der Waals surface area contributed by atoms with Crippen molar-refractivity contribution in [3.8, 4) is 0 Å². The maximum absolute atomic E-state index is 12.4. The number of carbonyl (C=O) groups is 2. The van der Waals surface area contributed by atoms with Gasteiger partial charge >= 0.3 is 0 Å². The Bertz CT molecular complexity index is 1010. The predicted octanol–water partition coefficient (Wildman–Crippen LogP) is 2.32. The van der Waals surface area contributed by atoms with E-state index in [1.807, 2.05) is 42.5 Å². The van der Waals surface area contributed by atoms with Gasteiger partial charge in [0.25, 0.3) is 0 Å². The molecule has 3 aromatic rings. The third-order valence-corrected chi connectivity index (χ3v) is 4.84. The Morgan fingerprint density at radius 3 is 2.61 bits per heavy atom. The van der Waals surface area contributed by atoms with Crippen LogP contribution in [-0.2, 0) is 14.3 Å². The van der Waals surface area contributed by atoms with Gasteiger partial charge in [-0.1, -0.05) is 18.2 Å². The average molecular weight is 381 g/mol. The Balaban J connectivity index is 1.37. The number of hydrogen-bond donors (Lipinski definition) is 1. The van der Waals surface area contributed by atoms with Crippen molar-refractivity contribution in [3.05, 3.63) is 42.5 Å². The lowest BCUT2D eigenvalue weighted by molar-refractivity contribution is -0.136. The highest BCUT2D eigenvalue weighted by Crippen LogP contribution is 2.30. The van der Waals surface area contributed by atoms with Crippen LogP contribution < -0.4 is 5.32 Å². The molecule has 1 fully saturated rings. The van der Waals surface area contributed by atoms with Gasteiger partial charge < -0.3 is 19.4 Å². The number of furan rings is 1. The third kappa shape index (κ3) is 4.00. The van der Waals surface area contributed by atoms with Gasteiger partial charge in [0.1, 0.15) is 11.2 Å². The molecule has 2 heterocycles. The van der Waals surface area contributed by atoms with E-state index in [2.05, 4.69) is 5.32 Å². The molecule has 1 N–H and O–H groups in total. The van der Waals surface area contributed by atoms with Crippen molar-refractivity contribution in [2.45, 2.75) is 0 Å². The van der Waals surface area contributed by atoms with Crippen LogP contribution in [0.5, 0.6) is 0 Å². The molecule has 2 amide bonds. The lowest BCUT2D eigenvalue weighted by Crippen LogP contribution is -2.46. The summed E-state index contributed by atoms with van der Waals surface area (Å²) in [5.74, 6) is -0.144. The molecule has 1 aliphatic heterocycles. The van der Waals surface area contributed by atoms with E-state index < -0.39 is 0 Å². The standard InChI is InChI=1S/C21H23N3O4/c1-23(14-21(26)24-8-10-27-11-9-24)13-20(25)22-15-6-7-19-17(12-15)16-4-2-3-5-18(16)28-19/h2-7,12H,8-11,13-14H2,1H3,(H,22,25). The second-order valence-electron chi connectivity index (χ2n) is 7.02. The molecular weight excluding hydrogens is 358 g/mol. The summed E-state index contributed by atoms with van der Waals surface area (Å²) < 4.78 is 11.1. The van der Waals surface area contributed by atoms with E-state index in [1.54, 1.807) is 16.8 Å². The van der Waals surface area contributed by atoms with Crippen LogP contribution in [0.4, 0.5) is 5.69 Å². The van der Waals surface area contributed by atoms with Crippen molar-refractivity contribution in [2.75, 3.05) is 51.8 Å². The van der Waals surface area contributed by atoms with Gasteiger partial charge in [-0.25, -0.2) is 0 Å². The van der Waals surface area contributed by atoms with Crippen molar-refractivity contribution in [1.29, 1.82) is 0 Å². The minimum absolute atomic E-state index is 0.0184. The molecule has 2 aromatic carbocycles. The summed E-state index contributed by atoms with van der Waals surface area (Å²) in [5, 5.41) is 4.88. The number of carbonyl (C=O) groups excluding carboxylic acids is 2. The molecule has 0 bridgehead atoms. The van der Waals surface area contributed by atoms with Gasteiger partial charge in [0.15, 0.2) is 0 Å². The summed E-state index contributed by atoms with van der Waals surface area (Å²) in [7, 11) is 1.77. The number of anilines is 1. The fraction of sp³-hybridized carbons (Fsp3) is 0.333. The van der Waals surface area contributed by atoms with Crippen LogP contribution in [0.2, 0.25) is 0 Å². The van der Waals surface area contributed by atoms with Crippen molar-refractivity contribution in [2.24, 2.45) is 0 Å². The number of nitrogens with one attached hydrogen (secondary N) is 1. The zero-order chi connectivity index (χ0) is 19.5. The van der Waals surface area contributed by atoms with Gasteiger partial charge in [0, 0.05) is 29.5 Å². The molecule has 4 rings (SSSR count). The summed E-state index contributed by atoms with van der Waals surface area (Å²) in [5.41, 5.74) is 2.31. The normalized spacial score (nSPS) is 14.7. The van der Waals surface area contributed by atoms with E-state index >= 15 is 0 Å². The van der Waals surface area contributed by atoms with Crippen LogP contribution in [-0.4, -0.2) is 68.1 Å². The number of para-hydroxylation sites is 1. The molecule has 0 aliphatic carbocycles. The summed E-state index contributed by atoms with van der Waals surface area (Å²) in [6.45, 7) is 2.70. The number of fused-ring (bicyclic) bond motifs is 3. The minimum Gasteiger partial charge on any atom is -0.456 e. The van der Waals surface area contributed by atoms with E-state index in [9.17, 15) is 9.59 Å². The van der Waals surface area contributed by atoms with Crippen LogP contribution in [0.3, 0.4) is 0 Å². The number of ether oxygens (including phenoxy) is 1. The molecule has 146 valence electrons. The van der Waals surface area contributed by atoms with Crippen LogP contribution in [0.15, 0.2) is 46.9 Å². The Kier molecular flexibility index (Phi) is 5.27.